The zero-order valence-corrected chi connectivity index (χ0v) is 21.4. The molecule has 2 aromatic heterocycles. The number of likely N-dealkylation sites (N-methyl/N-ethyl adjacent to an activating group) is 1. The molecule has 1 unspecified atom stereocenters. The van der Waals surface area contributed by atoms with Crippen molar-refractivity contribution < 1.29 is 22.0 Å². The normalized spacial score (nSPS) is 13.2. The van der Waals surface area contributed by atoms with Gasteiger partial charge in [-0.2, -0.15) is 13.2 Å². The van der Waals surface area contributed by atoms with Crippen LogP contribution in [-0.4, -0.2) is 17.0 Å². The number of hydrogen-bond donors (Lipinski definition) is 0. The highest BCUT2D eigenvalue weighted by Gasteiger charge is 2.44. The van der Waals surface area contributed by atoms with Crippen molar-refractivity contribution in [3.63, 3.8) is 0 Å². The maximum absolute atomic E-state index is 14.9. The van der Waals surface area contributed by atoms with Crippen molar-refractivity contribution in [2.45, 2.75) is 18.1 Å². The van der Waals surface area contributed by atoms with E-state index in [1.807, 2.05) is 60.7 Å². The van der Waals surface area contributed by atoms with E-state index >= 15 is 0 Å². The zero-order valence-electron chi connectivity index (χ0n) is 20.7. The monoisotopic (exact) mass is 551 g/mol. The highest BCUT2D eigenvalue weighted by molar-refractivity contribution is 6.30. The van der Waals surface area contributed by atoms with Gasteiger partial charge in [-0.3, -0.25) is 4.98 Å². The molecule has 0 saturated heterocycles. The fraction of sp³-hybridized carbons (Fsp3) is 0.133. The third-order valence-corrected chi connectivity index (χ3v) is 6.79. The lowest BCUT2D eigenvalue weighted by Crippen LogP contribution is -2.48. The summed E-state index contributed by atoms with van der Waals surface area (Å²) in [6.07, 6.45) is -1.72. The quantitative estimate of drug-likeness (QED) is 0.191. The van der Waals surface area contributed by atoms with Crippen LogP contribution in [-0.2, 0) is 18.1 Å². The van der Waals surface area contributed by atoms with Gasteiger partial charge in [-0.25, -0.2) is 9.37 Å². The second-order valence-corrected chi connectivity index (χ2v) is 9.48. The Labute approximate surface area is 227 Å². The molecule has 0 N–H and O–H groups in total. The summed E-state index contributed by atoms with van der Waals surface area (Å²) in [5, 5.41) is 0.340. The fourth-order valence-electron chi connectivity index (χ4n) is 4.65. The lowest BCUT2D eigenvalue weighted by atomic mass is 9.78. The molecule has 0 radical (unpaired) electrons. The molecule has 0 fully saturated rings. The SMILES string of the molecule is CN(c1ncc(-c2ccccc2)o1)C(Cc1ccccc1)(c1cc(F)cc(C(F)(F)F)c1)c1ccc(Cl)cn1. The molecule has 1 atom stereocenters. The summed E-state index contributed by atoms with van der Waals surface area (Å²) < 4.78 is 62.7. The van der Waals surface area contributed by atoms with Crippen molar-refractivity contribution in [3.8, 4) is 11.3 Å². The maximum Gasteiger partial charge on any atom is 0.416 e. The summed E-state index contributed by atoms with van der Waals surface area (Å²) in [5.41, 5.74) is -0.698. The van der Waals surface area contributed by atoms with E-state index < -0.39 is 23.1 Å². The Morgan fingerprint density at radius 2 is 1.49 bits per heavy atom. The van der Waals surface area contributed by atoms with Gasteiger partial charge in [0.25, 0.3) is 6.01 Å². The summed E-state index contributed by atoms with van der Waals surface area (Å²) in [4.78, 5) is 10.6. The van der Waals surface area contributed by atoms with Crippen LogP contribution < -0.4 is 4.90 Å². The molecule has 0 aliphatic heterocycles. The molecule has 0 spiro atoms. The van der Waals surface area contributed by atoms with Crippen LogP contribution in [0.4, 0.5) is 23.6 Å². The second kappa shape index (κ2) is 10.5. The number of alkyl halides is 3. The number of pyridine rings is 1. The second-order valence-electron chi connectivity index (χ2n) is 9.04. The van der Waals surface area contributed by atoms with Crippen molar-refractivity contribution >= 4 is 17.6 Å². The van der Waals surface area contributed by atoms with Crippen LogP contribution in [0.1, 0.15) is 22.4 Å². The topological polar surface area (TPSA) is 42.2 Å². The minimum Gasteiger partial charge on any atom is -0.423 e. The van der Waals surface area contributed by atoms with E-state index in [0.29, 0.717) is 22.5 Å². The van der Waals surface area contributed by atoms with Gasteiger partial charge >= 0.3 is 6.18 Å². The first kappa shape index (κ1) is 26.4. The molecule has 39 heavy (non-hydrogen) atoms. The minimum absolute atomic E-state index is 0.0236. The zero-order chi connectivity index (χ0) is 27.6. The van der Waals surface area contributed by atoms with E-state index in [1.165, 1.54) is 12.4 Å². The van der Waals surface area contributed by atoms with E-state index in [-0.39, 0.29) is 18.0 Å². The standard InChI is InChI=1S/C30H22ClF4N3O/c1-38(28-37-19-26(39-28)21-10-6-3-7-11-21)29(17-20-8-4-2-5-9-20,27-13-12-24(31)18-36-27)22-14-23(30(33,34)35)16-25(32)15-22/h2-16,18-19H,17H2,1H3. The average molecular weight is 552 g/mol. The average Bonchev–Trinajstić information content (AvgIpc) is 3.43. The number of benzene rings is 3. The van der Waals surface area contributed by atoms with E-state index in [9.17, 15) is 17.6 Å². The van der Waals surface area contributed by atoms with Crippen LogP contribution in [0.25, 0.3) is 11.3 Å². The molecule has 0 aliphatic rings. The Kier molecular flexibility index (Phi) is 7.14. The largest absolute Gasteiger partial charge is 0.423 e. The van der Waals surface area contributed by atoms with E-state index in [2.05, 4.69) is 9.97 Å². The summed E-state index contributed by atoms with van der Waals surface area (Å²) >= 11 is 6.13. The first-order valence-electron chi connectivity index (χ1n) is 12.0. The number of rotatable bonds is 7. The maximum atomic E-state index is 14.9. The van der Waals surface area contributed by atoms with Crippen LogP contribution in [0.2, 0.25) is 5.02 Å². The fourth-order valence-corrected chi connectivity index (χ4v) is 4.76. The van der Waals surface area contributed by atoms with E-state index in [4.69, 9.17) is 16.0 Å². The molecular formula is C30H22ClF4N3O. The first-order valence-corrected chi connectivity index (χ1v) is 12.3. The lowest BCUT2D eigenvalue weighted by Gasteiger charge is -2.42. The van der Waals surface area contributed by atoms with Crippen molar-refractivity contribution in [2.24, 2.45) is 0 Å². The minimum atomic E-state index is -4.77. The highest BCUT2D eigenvalue weighted by atomic mass is 35.5. The molecule has 3 aromatic carbocycles. The summed E-state index contributed by atoms with van der Waals surface area (Å²) in [6.45, 7) is 0. The third-order valence-electron chi connectivity index (χ3n) is 6.57. The molecule has 5 rings (SSSR count). The van der Waals surface area contributed by atoms with Gasteiger partial charge in [0.1, 0.15) is 11.4 Å². The van der Waals surface area contributed by atoms with Gasteiger partial charge in [-0.1, -0.05) is 72.3 Å². The van der Waals surface area contributed by atoms with Gasteiger partial charge in [0, 0.05) is 25.2 Å². The molecule has 198 valence electrons. The Morgan fingerprint density at radius 1 is 0.821 bits per heavy atom. The Balaban J connectivity index is 1.77. The van der Waals surface area contributed by atoms with E-state index in [1.54, 1.807) is 24.1 Å². The van der Waals surface area contributed by atoms with Crippen LogP contribution in [0, 0.1) is 5.82 Å². The number of anilines is 1. The van der Waals surface area contributed by atoms with Crippen molar-refractivity contribution in [3.05, 3.63) is 137 Å². The predicted octanol–water partition coefficient (Wildman–Crippen LogP) is 8.17. The van der Waals surface area contributed by atoms with Crippen LogP contribution >= 0.6 is 11.6 Å². The summed E-state index contributed by atoms with van der Waals surface area (Å²) in [5.74, 6) is -0.567. The number of nitrogens with zero attached hydrogens (tertiary/aromatic N) is 3. The number of hydrogen-bond acceptors (Lipinski definition) is 4. The Morgan fingerprint density at radius 3 is 2.13 bits per heavy atom. The summed E-state index contributed by atoms with van der Waals surface area (Å²) in [7, 11) is 1.64. The molecule has 0 bridgehead atoms. The van der Waals surface area contributed by atoms with Crippen LogP contribution in [0.5, 0.6) is 0 Å². The third kappa shape index (κ3) is 5.38. The molecule has 5 aromatic rings. The van der Waals surface area contributed by atoms with Gasteiger partial charge in [-0.15, -0.1) is 0 Å². The smallest absolute Gasteiger partial charge is 0.416 e. The molecule has 0 amide bonds. The van der Waals surface area contributed by atoms with Crippen molar-refractivity contribution in [1.29, 1.82) is 0 Å². The number of aromatic nitrogens is 2. The van der Waals surface area contributed by atoms with Crippen LogP contribution in [0.3, 0.4) is 0 Å². The number of halogens is 5. The molecule has 9 heteroatoms. The van der Waals surface area contributed by atoms with Gasteiger partial charge in [0.05, 0.1) is 22.5 Å². The first-order chi connectivity index (χ1) is 18.7. The van der Waals surface area contributed by atoms with Crippen molar-refractivity contribution in [1.82, 2.24) is 9.97 Å². The molecule has 2 heterocycles. The predicted molar refractivity (Wildman–Crippen MR) is 142 cm³/mol. The molecule has 0 saturated carbocycles. The van der Waals surface area contributed by atoms with Crippen LogP contribution in [0.15, 0.2) is 108 Å². The van der Waals surface area contributed by atoms with Gasteiger partial charge < -0.3 is 9.32 Å². The Hall–Kier alpha value is -4.17. The number of oxazole rings is 1. The Bertz CT molecular complexity index is 1560. The molecular weight excluding hydrogens is 530 g/mol. The molecule has 0 aliphatic carbocycles. The highest BCUT2D eigenvalue weighted by Crippen LogP contribution is 2.43. The van der Waals surface area contributed by atoms with Crippen molar-refractivity contribution in [2.75, 3.05) is 11.9 Å². The lowest BCUT2D eigenvalue weighted by molar-refractivity contribution is -0.137. The molecule has 4 nitrogen and oxygen atoms in total. The van der Waals surface area contributed by atoms with E-state index in [0.717, 1.165) is 23.3 Å². The van der Waals surface area contributed by atoms with Gasteiger partial charge in [0.2, 0.25) is 0 Å². The van der Waals surface area contributed by atoms with Gasteiger partial charge in [-0.05, 0) is 41.5 Å². The summed E-state index contributed by atoms with van der Waals surface area (Å²) in [6, 6.07) is 24.3. The van der Waals surface area contributed by atoms with Gasteiger partial charge in [0.15, 0.2) is 5.76 Å².